The zero-order valence-corrected chi connectivity index (χ0v) is 20.7. The molecule has 0 saturated carbocycles. The number of nitrogens with one attached hydrogen (secondary N) is 1. The van der Waals surface area contributed by atoms with Crippen LogP contribution in [0.2, 0.25) is 10.0 Å². The highest BCUT2D eigenvalue weighted by molar-refractivity contribution is 6.30. The Balaban J connectivity index is 2.21. The lowest BCUT2D eigenvalue weighted by Crippen LogP contribution is -2.44. The highest BCUT2D eigenvalue weighted by Gasteiger charge is 2.59. The summed E-state index contributed by atoms with van der Waals surface area (Å²) in [5, 5.41) is 14.9. The monoisotopic (exact) mass is 510 g/mol. The van der Waals surface area contributed by atoms with Crippen LogP contribution in [-0.4, -0.2) is 24.0 Å². The minimum Gasteiger partial charge on any atom is -0.302 e. The molecule has 3 nitrogen and oxygen atoms in total. The number of nitriles is 1. The molecule has 2 aromatic carbocycles. The molecule has 0 aromatic heterocycles. The molecule has 4 atom stereocenters. The highest BCUT2D eigenvalue weighted by Crippen LogP contribution is 2.51. The van der Waals surface area contributed by atoms with Gasteiger partial charge in [-0.3, -0.25) is 4.79 Å². The van der Waals surface area contributed by atoms with Crippen LogP contribution in [0.15, 0.2) is 48.5 Å². The number of nitrogens with zero attached hydrogens (tertiary/aromatic N) is 1. The summed E-state index contributed by atoms with van der Waals surface area (Å²) >= 11 is 12.4. The molecule has 0 bridgehead atoms. The van der Waals surface area contributed by atoms with E-state index in [1.807, 2.05) is 20.8 Å². The van der Waals surface area contributed by atoms with Gasteiger partial charge >= 0.3 is 6.18 Å². The summed E-state index contributed by atoms with van der Waals surface area (Å²) in [6, 6.07) is 14.7. The maximum Gasteiger partial charge on any atom is 0.389 e. The summed E-state index contributed by atoms with van der Waals surface area (Å²) in [6.45, 7) is 6.06. The van der Waals surface area contributed by atoms with Crippen molar-refractivity contribution < 1.29 is 18.0 Å². The number of halogens is 5. The van der Waals surface area contributed by atoms with E-state index in [-0.39, 0.29) is 5.41 Å². The lowest BCUT2D eigenvalue weighted by atomic mass is 9.62. The van der Waals surface area contributed by atoms with Crippen LogP contribution in [0, 0.1) is 16.7 Å². The predicted molar refractivity (Wildman–Crippen MR) is 128 cm³/mol. The summed E-state index contributed by atoms with van der Waals surface area (Å²) < 4.78 is 38.8. The first-order chi connectivity index (χ1) is 15.8. The van der Waals surface area contributed by atoms with Crippen molar-refractivity contribution >= 4 is 29.0 Å². The van der Waals surface area contributed by atoms with Crippen molar-refractivity contribution in [2.75, 3.05) is 0 Å². The summed E-state index contributed by atoms with van der Waals surface area (Å²) in [7, 11) is 0. The molecule has 1 N–H and O–H groups in total. The van der Waals surface area contributed by atoms with E-state index in [9.17, 15) is 23.2 Å². The standard InChI is InChI=1S/C26H27Cl2F3N2O/c1-24(2,3)14-21-25(15-32,17-7-9-18(27)10-8-17)22(16-5-4-6-19(28)13-16)23(33-21)20(34)11-12-26(29,30)31/h4-10,13,21-23,33H,11-12,14H2,1-3H3/t21-,22-,23-,25-/m0/s1. The fourth-order valence-electron chi connectivity index (χ4n) is 4.93. The Kier molecular flexibility index (Phi) is 7.72. The average molecular weight is 511 g/mol. The zero-order chi connectivity index (χ0) is 25.3. The Bertz CT molecular complexity index is 1070. The van der Waals surface area contributed by atoms with Crippen molar-refractivity contribution in [2.24, 2.45) is 5.41 Å². The second-order valence-corrected chi connectivity index (χ2v) is 10.9. The Morgan fingerprint density at radius 3 is 2.26 bits per heavy atom. The molecule has 182 valence electrons. The van der Waals surface area contributed by atoms with Gasteiger partial charge in [-0.25, -0.2) is 0 Å². The van der Waals surface area contributed by atoms with Crippen LogP contribution in [0.25, 0.3) is 0 Å². The number of Topliss-reactive ketones (excluding diaryl/α,β-unsaturated/α-hetero) is 1. The Morgan fingerprint density at radius 2 is 1.74 bits per heavy atom. The molecule has 0 aliphatic carbocycles. The van der Waals surface area contributed by atoms with Gasteiger partial charge in [0.05, 0.1) is 18.5 Å². The van der Waals surface area contributed by atoms with Gasteiger partial charge in [0.25, 0.3) is 0 Å². The van der Waals surface area contributed by atoms with E-state index in [2.05, 4.69) is 11.4 Å². The second kappa shape index (κ2) is 9.89. The van der Waals surface area contributed by atoms with Crippen LogP contribution in [-0.2, 0) is 10.2 Å². The van der Waals surface area contributed by atoms with E-state index in [0.717, 1.165) is 0 Å². The Hall–Kier alpha value is -2.07. The summed E-state index contributed by atoms with van der Waals surface area (Å²) in [4.78, 5) is 13.2. The largest absolute Gasteiger partial charge is 0.389 e. The first kappa shape index (κ1) is 26.5. The molecular weight excluding hydrogens is 484 g/mol. The number of rotatable bonds is 6. The van der Waals surface area contributed by atoms with E-state index in [1.165, 1.54) is 0 Å². The van der Waals surface area contributed by atoms with Gasteiger partial charge < -0.3 is 5.32 Å². The zero-order valence-electron chi connectivity index (χ0n) is 19.2. The third-order valence-corrected chi connectivity index (χ3v) is 6.77. The van der Waals surface area contributed by atoms with Gasteiger partial charge in [-0.05, 0) is 47.2 Å². The van der Waals surface area contributed by atoms with Gasteiger partial charge in [-0.1, -0.05) is 68.2 Å². The Labute approximate surface area is 208 Å². The topological polar surface area (TPSA) is 52.9 Å². The molecule has 0 unspecified atom stereocenters. The van der Waals surface area contributed by atoms with Crippen molar-refractivity contribution in [1.82, 2.24) is 5.32 Å². The maximum atomic E-state index is 13.2. The first-order valence-corrected chi connectivity index (χ1v) is 11.8. The van der Waals surface area contributed by atoms with Gasteiger partial charge in [-0.15, -0.1) is 0 Å². The molecule has 0 amide bonds. The van der Waals surface area contributed by atoms with Crippen molar-refractivity contribution in [3.8, 4) is 6.07 Å². The molecule has 0 radical (unpaired) electrons. The maximum absolute atomic E-state index is 13.2. The predicted octanol–water partition coefficient (Wildman–Crippen LogP) is 7.23. The van der Waals surface area contributed by atoms with Gasteiger partial charge in [0.15, 0.2) is 5.78 Å². The molecule has 1 aliphatic rings. The smallest absolute Gasteiger partial charge is 0.302 e. The number of alkyl halides is 3. The fourth-order valence-corrected chi connectivity index (χ4v) is 5.25. The van der Waals surface area contributed by atoms with E-state index in [0.29, 0.717) is 27.6 Å². The van der Waals surface area contributed by atoms with Crippen LogP contribution in [0.4, 0.5) is 13.2 Å². The van der Waals surface area contributed by atoms with Crippen LogP contribution >= 0.6 is 23.2 Å². The Morgan fingerprint density at radius 1 is 1.09 bits per heavy atom. The van der Waals surface area contributed by atoms with E-state index < -0.39 is 48.2 Å². The number of hydrogen-bond donors (Lipinski definition) is 1. The number of benzene rings is 2. The van der Waals surface area contributed by atoms with Gasteiger partial charge in [0.2, 0.25) is 0 Å². The van der Waals surface area contributed by atoms with Crippen molar-refractivity contribution in [3.05, 3.63) is 69.7 Å². The fraction of sp³-hybridized carbons (Fsp3) is 0.462. The van der Waals surface area contributed by atoms with Crippen LogP contribution in [0.5, 0.6) is 0 Å². The van der Waals surface area contributed by atoms with Crippen LogP contribution in [0.3, 0.4) is 0 Å². The number of carbonyl (C=O) groups excluding carboxylic acids is 1. The van der Waals surface area contributed by atoms with Crippen molar-refractivity contribution in [3.63, 3.8) is 0 Å². The minimum atomic E-state index is -4.45. The molecule has 1 aliphatic heterocycles. The van der Waals surface area contributed by atoms with Crippen molar-refractivity contribution in [1.29, 1.82) is 5.26 Å². The molecule has 2 aromatic rings. The molecule has 34 heavy (non-hydrogen) atoms. The SMILES string of the molecule is CC(C)(C)C[C@@H]1N[C@@H](C(=O)CCC(F)(F)F)[C@H](c2cccc(Cl)c2)[C@@]1(C#N)c1ccc(Cl)cc1. The highest BCUT2D eigenvalue weighted by atomic mass is 35.5. The third kappa shape index (κ3) is 5.76. The quantitative estimate of drug-likeness (QED) is 0.445. The molecule has 1 fully saturated rings. The van der Waals surface area contributed by atoms with E-state index in [4.69, 9.17) is 23.2 Å². The molecule has 3 rings (SSSR count). The normalized spacial score (nSPS) is 25.2. The summed E-state index contributed by atoms with van der Waals surface area (Å²) in [5.74, 6) is -1.32. The lowest BCUT2D eigenvalue weighted by molar-refractivity contribution is -0.144. The first-order valence-electron chi connectivity index (χ1n) is 11.0. The van der Waals surface area contributed by atoms with Crippen LogP contribution in [0.1, 0.15) is 57.1 Å². The van der Waals surface area contributed by atoms with Gasteiger partial charge in [-0.2, -0.15) is 18.4 Å². The molecule has 1 heterocycles. The molecule has 8 heteroatoms. The second-order valence-electron chi connectivity index (χ2n) is 10.1. The van der Waals surface area contributed by atoms with E-state index >= 15 is 0 Å². The number of carbonyl (C=O) groups is 1. The number of ketones is 1. The third-order valence-electron chi connectivity index (χ3n) is 6.29. The van der Waals surface area contributed by atoms with Gasteiger partial charge in [0.1, 0.15) is 5.41 Å². The van der Waals surface area contributed by atoms with Crippen molar-refractivity contribution in [2.45, 2.75) is 69.6 Å². The lowest BCUT2D eigenvalue weighted by Gasteiger charge is -2.37. The van der Waals surface area contributed by atoms with Crippen LogP contribution < -0.4 is 5.32 Å². The average Bonchev–Trinajstić information content (AvgIpc) is 3.05. The summed E-state index contributed by atoms with van der Waals surface area (Å²) in [6.07, 6.45) is -5.81. The van der Waals surface area contributed by atoms with Gasteiger partial charge in [0, 0.05) is 28.4 Å². The summed E-state index contributed by atoms with van der Waals surface area (Å²) in [5.41, 5.74) is -0.189. The van der Waals surface area contributed by atoms with E-state index in [1.54, 1.807) is 48.5 Å². The molecule has 1 saturated heterocycles. The minimum absolute atomic E-state index is 0.227. The number of hydrogen-bond acceptors (Lipinski definition) is 3. The molecular formula is C26H27Cl2F3N2O. The molecule has 0 spiro atoms.